The van der Waals surface area contributed by atoms with Gasteiger partial charge in [-0.25, -0.2) is 0 Å². The van der Waals surface area contributed by atoms with Crippen molar-refractivity contribution in [2.45, 2.75) is 128 Å². The molecular formula is C34H50S2. The van der Waals surface area contributed by atoms with Crippen molar-refractivity contribution in [3.63, 3.8) is 0 Å². The van der Waals surface area contributed by atoms with Crippen LogP contribution in [0.4, 0.5) is 0 Å². The second-order valence-electron chi connectivity index (χ2n) is 13.3. The Labute approximate surface area is 231 Å². The van der Waals surface area contributed by atoms with Crippen LogP contribution in [-0.2, 0) is 41.6 Å². The minimum Gasteiger partial charge on any atom is -0.157 e. The summed E-state index contributed by atoms with van der Waals surface area (Å²) >= 11 is 4.36. The highest BCUT2D eigenvalue weighted by molar-refractivity contribution is 7.98. The Morgan fingerprint density at radius 2 is 0.861 bits per heavy atom. The standard InChI is InChI=1S/C34H50S2/c1-33(2,3)29-19-25-18-26-20-30(34(4,5)6)22-28-24-36-17-13-11-9-7-8-10-12-16-35-23-27(21-29)31(25)14-15-32(26)28/h19-22H,7-18,23-24H2,1-6H3. The first-order valence-electron chi connectivity index (χ1n) is 14.6. The van der Waals surface area contributed by atoms with Crippen molar-refractivity contribution in [3.8, 4) is 0 Å². The average molecular weight is 523 g/mol. The molecule has 0 aromatic heterocycles. The molecule has 0 nitrogen and oxygen atoms in total. The van der Waals surface area contributed by atoms with Gasteiger partial charge in [0.15, 0.2) is 0 Å². The van der Waals surface area contributed by atoms with Gasteiger partial charge in [-0.1, -0.05) is 97.9 Å². The lowest BCUT2D eigenvalue weighted by atomic mass is 9.81. The van der Waals surface area contributed by atoms with Gasteiger partial charge in [0.05, 0.1) is 0 Å². The number of benzene rings is 2. The highest BCUT2D eigenvalue weighted by Crippen LogP contribution is 2.37. The number of rotatable bonds is 0. The fourth-order valence-corrected chi connectivity index (χ4v) is 7.85. The van der Waals surface area contributed by atoms with Gasteiger partial charge in [0.1, 0.15) is 0 Å². The van der Waals surface area contributed by atoms with Crippen LogP contribution in [-0.4, -0.2) is 11.5 Å². The lowest BCUT2D eigenvalue weighted by Gasteiger charge is -2.24. The lowest BCUT2D eigenvalue weighted by molar-refractivity contribution is 0.588. The van der Waals surface area contributed by atoms with E-state index in [1.165, 1.54) is 91.9 Å². The predicted molar refractivity (Wildman–Crippen MR) is 165 cm³/mol. The summed E-state index contributed by atoms with van der Waals surface area (Å²) in [5.74, 6) is 4.98. The molecule has 198 valence electrons. The molecule has 2 aliphatic rings. The van der Waals surface area contributed by atoms with Crippen LogP contribution in [0.2, 0.25) is 0 Å². The largest absolute Gasteiger partial charge is 0.157 e. The summed E-state index contributed by atoms with van der Waals surface area (Å²) in [6.07, 6.45) is 13.4. The molecule has 0 unspecified atom stereocenters. The monoisotopic (exact) mass is 522 g/mol. The van der Waals surface area contributed by atoms with Crippen LogP contribution in [0.5, 0.6) is 0 Å². The van der Waals surface area contributed by atoms with Crippen LogP contribution >= 0.6 is 23.5 Å². The lowest BCUT2D eigenvalue weighted by Crippen LogP contribution is -2.14. The molecule has 0 atom stereocenters. The zero-order valence-electron chi connectivity index (χ0n) is 24.0. The van der Waals surface area contributed by atoms with E-state index in [1.54, 1.807) is 33.4 Å². The fraction of sp³-hybridized carbons (Fsp3) is 0.647. The number of hydrogen-bond donors (Lipinski definition) is 0. The zero-order chi connectivity index (χ0) is 25.8. The van der Waals surface area contributed by atoms with Crippen molar-refractivity contribution in [1.29, 1.82) is 0 Å². The summed E-state index contributed by atoms with van der Waals surface area (Å²) in [6, 6.07) is 10.3. The Morgan fingerprint density at radius 3 is 1.25 bits per heavy atom. The van der Waals surface area contributed by atoms with Gasteiger partial charge in [-0.05, 0) is 98.9 Å². The van der Waals surface area contributed by atoms with Gasteiger partial charge in [0.25, 0.3) is 0 Å². The van der Waals surface area contributed by atoms with Crippen molar-refractivity contribution < 1.29 is 0 Å². The van der Waals surface area contributed by atoms with Gasteiger partial charge >= 0.3 is 0 Å². The van der Waals surface area contributed by atoms with Crippen molar-refractivity contribution >= 4 is 23.5 Å². The number of hydrogen-bond acceptors (Lipinski definition) is 2. The molecule has 1 aliphatic carbocycles. The topological polar surface area (TPSA) is 0 Å². The minimum absolute atomic E-state index is 0.187. The third-order valence-electron chi connectivity index (χ3n) is 8.20. The third kappa shape index (κ3) is 7.37. The van der Waals surface area contributed by atoms with E-state index in [-0.39, 0.29) is 10.8 Å². The summed E-state index contributed by atoms with van der Waals surface area (Å²) in [4.78, 5) is 0. The van der Waals surface area contributed by atoms with Crippen LogP contribution in [0.1, 0.15) is 131 Å². The Hall–Kier alpha value is -0.860. The first kappa shape index (κ1) is 28.2. The van der Waals surface area contributed by atoms with Crippen LogP contribution in [0.3, 0.4) is 0 Å². The van der Waals surface area contributed by atoms with Crippen molar-refractivity contribution in [3.05, 3.63) is 68.8 Å². The molecule has 2 aromatic rings. The average Bonchev–Trinajstić information content (AvgIpc) is 2.99. The van der Waals surface area contributed by atoms with E-state index in [2.05, 4.69) is 89.3 Å². The third-order valence-corrected chi connectivity index (χ3v) is 10.4. The van der Waals surface area contributed by atoms with E-state index < -0.39 is 0 Å². The van der Waals surface area contributed by atoms with E-state index in [4.69, 9.17) is 0 Å². The van der Waals surface area contributed by atoms with Gasteiger partial charge in [-0.3, -0.25) is 0 Å². The number of thioether (sulfide) groups is 2. The molecule has 1 aliphatic heterocycles. The maximum absolute atomic E-state index is 2.57. The summed E-state index contributed by atoms with van der Waals surface area (Å²) in [5, 5.41) is 0. The van der Waals surface area contributed by atoms with Gasteiger partial charge in [-0.2, -0.15) is 23.5 Å². The van der Waals surface area contributed by atoms with E-state index in [0.29, 0.717) is 0 Å². The first-order chi connectivity index (χ1) is 17.1. The SMILES string of the molecule is CC(C)(C)c1cc2c3c(c1)Cc1cc(C(C)(C)C)cc(c1CC3)CSCCCCCCCCCSC2. The quantitative estimate of drug-likeness (QED) is 0.337. The van der Waals surface area contributed by atoms with Gasteiger partial charge in [0, 0.05) is 11.5 Å². The zero-order valence-corrected chi connectivity index (χ0v) is 25.7. The van der Waals surface area contributed by atoms with Crippen molar-refractivity contribution in [2.24, 2.45) is 0 Å². The number of fused-ring (bicyclic) bond motifs is 1. The van der Waals surface area contributed by atoms with Gasteiger partial charge in [0.2, 0.25) is 0 Å². The molecule has 2 bridgehead atoms. The van der Waals surface area contributed by atoms with Crippen molar-refractivity contribution in [2.75, 3.05) is 11.5 Å². The van der Waals surface area contributed by atoms with E-state index in [9.17, 15) is 0 Å². The molecule has 0 fully saturated rings. The Morgan fingerprint density at radius 1 is 0.500 bits per heavy atom. The molecule has 0 radical (unpaired) electrons. The second-order valence-corrected chi connectivity index (χ2v) is 15.5. The van der Waals surface area contributed by atoms with Crippen LogP contribution in [0, 0.1) is 0 Å². The molecule has 1 heterocycles. The summed E-state index contributed by atoms with van der Waals surface area (Å²) in [5.41, 5.74) is 13.2. The first-order valence-corrected chi connectivity index (χ1v) is 16.9. The predicted octanol–water partition coefficient (Wildman–Crippen LogP) is 10.2. The normalized spacial score (nSPS) is 18.7. The fourth-order valence-electron chi connectivity index (χ4n) is 5.79. The summed E-state index contributed by atoms with van der Waals surface area (Å²) < 4.78 is 0. The molecule has 0 N–H and O–H groups in total. The molecule has 0 saturated heterocycles. The van der Waals surface area contributed by atoms with E-state index in [1.807, 2.05) is 0 Å². The Bertz CT molecular complexity index is 937. The van der Waals surface area contributed by atoms with E-state index in [0.717, 1.165) is 6.42 Å². The minimum atomic E-state index is 0.187. The smallest absolute Gasteiger partial charge is 0.0187 e. The molecular weight excluding hydrogens is 473 g/mol. The Balaban J connectivity index is 1.75. The van der Waals surface area contributed by atoms with Crippen LogP contribution < -0.4 is 0 Å². The highest BCUT2D eigenvalue weighted by Gasteiger charge is 2.25. The van der Waals surface area contributed by atoms with Gasteiger partial charge in [-0.15, -0.1) is 0 Å². The molecule has 2 heteroatoms. The summed E-state index contributed by atoms with van der Waals surface area (Å²) in [7, 11) is 0. The maximum atomic E-state index is 2.57. The highest BCUT2D eigenvalue weighted by atomic mass is 32.2. The molecule has 36 heavy (non-hydrogen) atoms. The molecule has 4 rings (SSSR count). The van der Waals surface area contributed by atoms with E-state index >= 15 is 0 Å². The van der Waals surface area contributed by atoms with Crippen LogP contribution in [0.15, 0.2) is 24.3 Å². The second kappa shape index (κ2) is 12.3. The van der Waals surface area contributed by atoms with Crippen LogP contribution in [0.25, 0.3) is 0 Å². The summed E-state index contributed by atoms with van der Waals surface area (Å²) in [6.45, 7) is 14.3. The van der Waals surface area contributed by atoms with Gasteiger partial charge < -0.3 is 0 Å². The van der Waals surface area contributed by atoms with Crippen molar-refractivity contribution in [1.82, 2.24) is 0 Å². The maximum Gasteiger partial charge on any atom is 0.0187 e. The molecule has 0 saturated carbocycles. The molecule has 0 amide bonds. The molecule has 0 spiro atoms. The molecule has 2 aromatic carbocycles. The Kier molecular flexibility index (Phi) is 9.64.